The number of likely N-dealkylation sites (tertiary alicyclic amines) is 1. The van der Waals surface area contributed by atoms with Crippen molar-refractivity contribution in [3.63, 3.8) is 0 Å². The van der Waals surface area contributed by atoms with Crippen molar-refractivity contribution < 1.29 is 38.0 Å². The van der Waals surface area contributed by atoms with Crippen LogP contribution in [0.15, 0.2) is 42.0 Å². The zero-order valence-corrected chi connectivity index (χ0v) is 22.0. The maximum atomic E-state index is 14.8. The summed E-state index contributed by atoms with van der Waals surface area (Å²) in [6.45, 7) is 6.88. The number of rotatable bonds is 9. The van der Waals surface area contributed by atoms with Gasteiger partial charge in [0.2, 0.25) is 0 Å². The molecule has 2 fully saturated rings. The predicted octanol–water partition coefficient (Wildman–Crippen LogP) is 3.38. The Morgan fingerprint density at radius 3 is 2.39 bits per heavy atom. The van der Waals surface area contributed by atoms with Crippen LogP contribution in [0.1, 0.15) is 31.0 Å². The Labute approximate surface area is 221 Å². The van der Waals surface area contributed by atoms with E-state index in [0.717, 1.165) is 6.07 Å². The van der Waals surface area contributed by atoms with Gasteiger partial charge in [0.15, 0.2) is 11.6 Å². The van der Waals surface area contributed by atoms with Crippen molar-refractivity contribution in [1.29, 1.82) is 0 Å². The normalized spacial score (nSPS) is 19.7. The van der Waals surface area contributed by atoms with Crippen molar-refractivity contribution in [2.75, 3.05) is 53.6 Å². The summed E-state index contributed by atoms with van der Waals surface area (Å²) in [6, 6.07) is 8.00. The molecule has 2 aromatic rings. The first kappa shape index (κ1) is 27.4. The third-order valence-corrected chi connectivity index (χ3v) is 6.60. The van der Waals surface area contributed by atoms with Gasteiger partial charge in [-0.25, -0.2) is 4.39 Å². The number of Topliss-reactive ketones (excluding diaryl/α,β-unsaturated/α-hetero) is 1. The van der Waals surface area contributed by atoms with Gasteiger partial charge in [-0.15, -0.1) is 0 Å². The molecule has 0 aliphatic carbocycles. The third-order valence-electron chi connectivity index (χ3n) is 6.60. The topological polar surface area (TPSA) is 97.8 Å². The fraction of sp³-hybridized carbons (Fsp3) is 0.429. The van der Waals surface area contributed by atoms with E-state index in [9.17, 15) is 19.1 Å². The van der Waals surface area contributed by atoms with Gasteiger partial charge in [0.1, 0.15) is 17.3 Å². The first-order valence-corrected chi connectivity index (χ1v) is 12.5. The highest BCUT2D eigenvalue weighted by Gasteiger charge is 2.47. The summed E-state index contributed by atoms with van der Waals surface area (Å²) in [5, 5.41) is 11.3. The highest BCUT2D eigenvalue weighted by molar-refractivity contribution is 6.46. The van der Waals surface area contributed by atoms with Gasteiger partial charge in [-0.1, -0.05) is 0 Å². The largest absolute Gasteiger partial charge is 0.507 e. The summed E-state index contributed by atoms with van der Waals surface area (Å²) in [5.74, 6) is -1.87. The summed E-state index contributed by atoms with van der Waals surface area (Å²) in [4.78, 5) is 30.3. The number of benzene rings is 2. The molecule has 0 bridgehead atoms. The Balaban J connectivity index is 1.81. The quantitative estimate of drug-likeness (QED) is 0.301. The number of methoxy groups -OCH3 is 2. The number of amides is 1. The molecule has 0 aromatic heterocycles. The Bertz CT molecular complexity index is 1220. The molecule has 0 spiro atoms. The minimum atomic E-state index is -0.976. The number of halogens is 1. The molecule has 204 valence electrons. The van der Waals surface area contributed by atoms with Gasteiger partial charge in [-0.05, 0) is 50.2 Å². The molecule has 2 saturated heterocycles. The Hall–Kier alpha value is -3.63. The summed E-state index contributed by atoms with van der Waals surface area (Å²) in [6.07, 6.45) is -0.249. The van der Waals surface area contributed by atoms with E-state index >= 15 is 0 Å². The van der Waals surface area contributed by atoms with E-state index in [1.54, 1.807) is 32.0 Å². The molecule has 0 saturated carbocycles. The average molecular weight is 529 g/mol. The molecular weight excluding hydrogens is 495 g/mol. The second kappa shape index (κ2) is 11.8. The van der Waals surface area contributed by atoms with Crippen LogP contribution in [-0.4, -0.2) is 86.3 Å². The molecule has 1 N–H and O–H groups in total. The van der Waals surface area contributed by atoms with Crippen molar-refractivity contribution in [1.82, 2.24) is 9.80 Å². The number of carbonyl (C=O) groups is 2. The van der Waals surface area contributed by atoms with Gasteiger partial charge >= 0.3 is 0 Å². The lowest BCUT2D eigenvalue weighted by atomic mass is 9.94. The van der Waals surface area contributed by atoms with Gasteiger partial charge < -0.3 is 29.0 Å². The van der Waals surface area contributed by atoms with Crippen molar-refractivity contribution in [2.24, 2.45) is 0 Å². The summed E-state index contributed by atoms with van der Waals surface area (Å²) >= 11 is 0. The number of hydrogen-bond acceptors (Lipinski definition) is 8. The number of hydrogen-bond donors (Lipinski definition) is 1. The smallest absolute Gasteiger partial charge is 0.295 e. The lowest BCUT2D eigenvalue weighted by molar-refractivity contribution is -0.140. The van der Waals surface area contributed by atoms with E-state index < -0.39 is 29.3 Å². The van der Waals surface area contributed by atoms with E-state index in [1.807, 2.05) is 0 Å². The highest BCUT2D eigenvalue weighted by atomic mass is 19.1. The molecule has 4 rings (SSSR count). The standard InChI is InChI=1S/C28H33FN2O7/c1-17(2)38-23-7-5-18(15-21(23)29)26(32)24-25(20-16-19(35-3)6-8-22(20)36-4)31(28(34)27(24)33)10-9-30-11-13-37-14-12-30/h5-8,15-17,25,32H,9-14H2,1-4H3/t25-/m1/s1. The van der Waals surface area contributed by atoms with Gasteiger partial charge in [0.05, 0.1) is 45.2 Å². The van der Waals surface area contributed by atoms with Crippen LogP contribution < -0.4 is 14.2 Å². The first-order valence-electron chi connectivity index (χ1n) is 12.5. The van der Waals surface area contributed by atoms with Crippen LogP contribution >= 0.6 is 0 Å². The molecule has 0 radical (unpaired) electrons. The van der Waals surface area contributed by atoms with Crippen molar-refractivity contribution in [3.05, 3.63) is 58.9 Å². The number of nitrogens with zero attached hydrogens (tertiary/aromatic N) is 2. The maximum Gasteiger partial charge on any atom is 0.295 e. The number of ether oxygens (including phenoxy) is 4. The van der Waals surface area contributed by atoms with Crippen LogP contribution in [0.3, 0.4) is 0 Å². The van der Waals surface area contributed by atoms with Crippen molar-refractivity contribution in [3.8, 4) is 17.2 Å². The first-order chi connectivity index (χ1) is 18.2. The molecule has 9 nitrogen and oxygen atoms in total. The number of carbonyl (C=O) groups excluding carboxylic acids is 2. The van der Waals surface area contributed by atoms with Crippen LogP contribution in [0.25, 0.3) is 5.76 Å². The Kier molecular flexibility index (Phi) is 8.53. The minimum absolute atomic E-state index is 0.0218. The second-order valence-corrected chi connectivity index (χ2v) is 9.37. The van der Waals surface area contributed by atoms with Gasteiger partial charge in [-0.3, -0.25) is 14.5 Å². The van der Waals surface area contributed by atoms with Crippen LogP contribution in [-0.2, 0) is 14.3 Å². The second-order valence-electron chi connectivity index (χ2n) is 9.37. The molecule has 2 aromatic carbocycles. The molecule has 1 amide bonds. The van der Waals surface area contributed by atoms with Gasteiger partial charge in [0, 0.05) is 37.3 Å². The van der Waals surface area contributed by atoms with Crippen molar-refractivity contribution in [2.45, 2.75) is 26.0 Å². The molecular formula is C28H33FN2O7. The number of morpholine rings is 1. The summed E-state index contributed by atoms with van der Waals surface area (Å²) < 4.78 is 36.6. The zero-order chi connectivity index (χ0) is 27.4. The fourth-order valence-corrected chi connectivity index (χ4v) is 4.71. The Morgan fingerprint density at radius 1 is 1.05 bits per heavy atom. The molecule has 10 heteroatoms. The van der Waals surface area contributed by atoms with E-state index in [-0.39, 0.29) is 29.5 Å². The van der Waals surface area contributed by atoms with Gasteiger partial charge in [-0.2, -0.15) is 0 Å². The van der Waals surface area contributed by atoms with Crippen LogP contribution in [0.4, 0.5) is 4.39 Å². The number of aliphatic hydroxyl groups is 1. The van der Waals surface area contributed by atoms with Crippen LogP contribution in [0.5, 0.6) is 17.2 Å². The molecule has 2 aliphatic rings. The van der Waals surface area contributed by atoms with Gasteiger partial charge in [0.25, 0.3) is 11.7 Å². The van der Waals surface area contributed by atoms with E-state index in [1.165, 1.54) is 31.3 Å². The SMILES string of the molecule is COc1ccc(OC)c([C@@H]2C(=C(O)c3ccc(OC(C)C)c(F)c3)C(=O)C(=O)N2CCN2CCOCC2)c1. The molecule has 1 atom stereocenters. The predicted molar refractivity (Wildman–Crippen MR) is 138 cm³/mol. The van der Waals surface area contributed by atoms with E-state index in [4.69, 9.17) is 18.9 Å². The minimum Gasteiger partial charge on any atom is -0.507 e. The highest BCUT2D eigenvalue weighted by Crippen LogP contribution is 2.44. The lowest BCUT2D eigenvalue weighted by Crippen LogP contribution is -2.42. The fourth-order valence-electron chi connectivity index (χ4n) is 4.71. The van der Waals surface area contributed by atoms with E-state index in [0.29, 0.717) is 49.9 Å². The monoisotopic (exact) mass is 528 g/mol. The van der Waals surface area contributed by atoms with E-state index in [2.05, 4.69) is 4.90 Å². The molecule has 38 heavy (non-hydrogen) atoms. The zero-order valence-electron chi connectivity index (χ0n) is 22.0. The molecule has 0 unspecified atom stereocenters. The number of ketones is 1. The Morgan fingerprint density at radius 2 is 1.76 bits per heavy atom. The summed E-state index contributed by atoms with van der Waals surface area (Å²) in [5.41, 5.74) is 0.368. The average Bonchev–Trinajstić information content (AvgIpc) is 3.17. The number of aliphatic hydroxyl groups excluding tert-OH is 1. The maximum absolute atomic E-state index is 14.8. The molecule has 2 heterocycles. The van der Waals surface area contributed by atoms with Crippen molar-refractivity contribution >= 4 is 17.4 Å². The summed E-state index contributed by atoms with van der Waals surface area (Å²) in [7, 11) is 2.98. The lowest BCUT2D eigenvalue weighted by Gasteiger charge is -2.31. The third kappa shape index (κ3) is 5.61. The molecule has 2 aliphatic heterocycles. The van der Waals surface area contributed by atoms with Crippen LogP contribution in [0, 0.1) is 5.82 Å². The van der Waals surface area contributed by atoms with Crippen LogP contribution in [0.2, 0.25) is 0 Å².